The van der Waals surface area contributed by atoms with E-state index in [1.54, 1.807) is 13.2 Å². The molecule has 3 rings (SSSR count). The number of methoxy groups -OCH3 is 1. The Morgan fingerprint density at radius 2 is 1.84 bits per heavy atom. The molecule has 1 aliphatic heterocycles. The Labute approximate surface area is 169 Å². The quantitative estimate of drug-likeness (QED) is 0.661. The lowest BCUT2D eigenvalue weighted by molar-refractivity contribution is 0.248. The molecule has 1 fully saturated rings. The summed E-state index contributed by atoms with van der Waals surface area (Å²) in [6, 6.07) is 9.76. The minimum absolute atomic E-state index is 0.135. The van der Waals surface area contributed by atoms with Crippen molar-refractivity contribution >= 4 is 49.1 Å². The van der Waals surface area contributed by atoms with Crippen LogP contribution in [0.4, 0.5) is 5.69 Å². The standard InChI is InChI=1S/C18H19Br2ClN2O2/c1-25-16-10-13(19)12(17(20)18(16)24)11-22-6-8-23(9-7-22)15-5-3-2-4-14(15)21/h2-5,10,24H,6-9,11H2,1H3. The van der Waals surface area contributed by atoms with E-state index in [1.165, 1.54) is 0 Å². The van der Waals surface area contributed by atoms with Crippen molar-refractivity contribution in [1.29, 1.82) is 0 Å². The van der Waals surface area contributed by atoms with Crippen molar-refractivity contribution in [3.8, 4) is 11.5 Å². The third-order valence-corrected chi connectivity index (χ3v) is 6.30. The van der Waals surface area contributed by atoms with Gasteiger partial charge in [-0.05, 0) is 39.7 Å². The van der Waals surface area contributed by atoms with E-state index >= 15 is 0 Å². The highest BCUT2D eigenvalue weighted by atomic mass is 79.9. The van der Waals surface area contributed by atoms with Gasteiger partial charge in [-0.1, -0.05) is 39.7 Å². The fraction of sp³-hybridized carbons (Fsp3) is 0.333. The first-order valence-corrected chi connectivity index (χ1v) is 9.93. The predicted octanol–water partition coefficient (Wildman–Crippen LogP) is 4.90. The Hall–Kier alpha value is -0.950. The van der Waals surface area contributed by atoms with Gasteiger partial charge in [0, 0.05) is 37.2 Å². The summed E-state index contributed by atoms with van der Waals surface area (Å²) in [7, 11) is 1.54. The Bertz CT molecular complexity index is 765. The van der Waals surface area contributed by atoms with E-state index in [1.807, 2.05) is 18.2 Å². The van der Waals surface area contributed by atoms with Crippen molar-refractivity contribution in [3.05, 3.63) is 49.9 Å². The van der Waals surface area contributed by atoms with Crippen LogP contribution in [0.3, 0.4) is 0 Å². The van der Waals surface area contributed by atoms with E-state index in [4.69, 9.17) is 16.3 Å². The van der Waals surface area contributed by atoms with Gasteiger partial charge in [-0.25, -0.2) is 0 Å². The van der Waals surface area contributed by atoms with Crippen LogP contribution in [0.1, 0.15) is 5.56 Å². The Morgan fingerprint density at radius 1 is 1.16 bits per heavy atom. The number of phenols is 1. The van der Waals surface area contributed by atoms with Gasteiger partial charge in [0.15, 0.2) is 11.5 Å². The maximum atomic E-state index is 10.2. The van der Waals surface area contributed by atoms with Crippen LogP contribution in [0, 0.1) is 0 Å². The molecule has 7 heteroatoms. The molecule has 0 amide bonds. The maximum Gasteiger partial charge on any atom is 0.172 e. The van der Waals surface area contributed by atoms with Gasteiger partial charge in [-0.3, -0.25) is 4.90 Å². The second kappa shape index (κ2) is 8.16. The highest BCUT2D eigenvalue weighted by molar-refractivity contribution is 9.11. The van der Waals surface area contributed by atoms with E-state index in [0.717, 1.165) is 53.5 Å². The second-order valence-corrected chi connectivity index (χ2v) is 7.97. The molecule has 0 bridgehead atoms. The lowest BCUT2D eigenvalue weighted by Crippen LogP contribution is -2.46. The average Bonchev–Trinajstić information content (AvgIpc) is 2.63. The molecular weight excluding hydrogens is 471 g/mol. The van der Waals surface area contributed by atoms with Crippen LogP contribution in [0.25, 0.3) is 0 Å². The minimum atomic E-state index is 0.135. The molecule has 1 N–H and O–H groups in total. The van der Waals surface area contributed by atoms with Crippen molar-refractivity contribution in [2.45, 2.75) is 6.54 Å². The van der Waals surface area contributed by atoms with E-state index in [9.17, 15) is 5.11 Å². The molecule has 0 saturated carbocycles. The average molecular weight is 491 g/mol. The van der Waals surface area contributed by atoms with Gasteiger partial charge in [-0.15, -0.1) is 0 Å². The zero-order valence-electron chi connectivity index (χ0n) is 13.8. The predicted molar refractivity (Wildman–Crippen MR) is 109 cm³/mol. The number of halogens is 3. The molecular formula is C18H19Br2ClN2O2. The van der Waals surface area contributed by atoms with Gasteiger partial charge < -0.3 is 14.7 Å². The molecule has 1 aliphatic rings. The summed E-state index contributed by atoms with van der Waals surface area (Å²) in [4.78, 5) is 4.68. The Kier molecular flexibility index (Phi) is 6.15. The number of rotatable bonds is 4. The number of nitrogens with zero attached hydrogens (tertiary/aromatic N) is 2. The molecule has 1 saturated heterocycles. The van der Waals surface area contributed by atoms with Crippen molar-refractivity contribution in [3.63, 3.8) is 0 Å². The summed E-state index contributed by atoms with van der Waals surface area (Å²) in [5, 5.41) is 11.0. The molecule has 2 aromatic rings. The number of benzene rings is 2. The van der Waals surface area contributed by atoms with Gasteiger partial charge in [0.1, 0.15) is 0 Å². The Morgan fingerprint density at radius 3 is 2.48 bits per heavy atom. The molecule has 0 aliphatic carbocycles. The summed E-state index contributed by atoms with van der Waals surface area (Å²) < 4.78 is 6.78. The van der Waals surface area contributed by atoms with Crippen LogP contribution < -0.4 is 9.64 Å². The first-order chi connectivity index (χ1) is 12.0. The summed E-state index contributed by atoms with van der Waals surface area (Å²) in [5.74, 6) is 0.585. The van der Waals surface area contributed by atoms with Crippen molar-refractivity contribution in [2.24, 2.45) is 0 Å². The summed E-state index contributed by atoms with van der Waals surface area (Å²) >= 11 is 13.4. The van der Waals surface area contributed by atoms with Gasteiger partial charge >= 0.3 is 0 Å². The molecule has 0 aromatic heterocycles. The lowest BCUT2D eigenvalue weighted by Gasteiger charge is -2.36. The fourth-order valence-corrected chi connectivity index (χ4v) is 4.59. The monoisotopic (exact) mass is 488 g/mol. The first kappa shape index (κ1) is 18.8. The summed E-state index contributed by atoms with van der Waals surface area (Å²) in [6.45, 7) is 4.44. The minimum Gasteiger partial charge on any atom is -0.503 e. The highest BCUT2D eigenvalue weighted by Gasteiger charge is 2.22. The zero-order chi connectivity index (χ0) is 18.0. The van der Waals surface area contributed by atoms with Crippen molar-refractivity contribution in [2.75, 3.05) is 38.2 Å². The van der Waals surface area contributed by atoms with Crippen LogP contribution >= 0.6 is 43.5 Å². The molecule has 2 aromatic carbocycles. The molecule has 0 radical (unpaired) electrons. The number of hydrogen-bond acceptors (Lipinski definition) is 4. The number of aromatic hydroxyl groups is 1. The van der Waals surface area contributed by atoms with Crippen LogP contribution in [0.2, 0.25) is 5.02 Å². The van der Waals surface area contributed by atoms with Crippen LogP contribution in [0.5, 0.6) is 11.5 Å². The largest absolute Gasteiger partial charge is 0.503 e. The molecule has 25 heavy (non-hydrogen) atoms. The molecule has 0 spiro atoms. The van der Waals surface area contributed by atoms with E-state index in [2.05, 4.69) is 47.7 Å². The van der Waals surface area contributed by atoms with Crippen LogP contribution in [-0.4, -0.2) is 43.3 Å². The maximum absolute atomic E-state index is 10.2. The van der Waals surface area contributed by atoms with Crippen LogP contribution in [-0.2, 0) is 6.54 Å². The highest BCUT2D eigenvalue weighted by Crippen LogP contribution is 2.41. The number of hydrogen-bond donors (Lipinski definition) is 1. The number of phenolic OH excluding ortho intramolecular Hbond substituents is 1. The van der Waals surface area contributed by atoms with Gasteiger partial charge in [0.2, 0.25) is 0 Å². The molecule has 1 heterocycles. The van der Waals surface area contributed by atoms with E-state index in [-0.39, 0.29) is 5.75 Å². The zero-order valence-corrected chi connectivity index (χ0v) is 17.7. The third-order valence-electron chi connectivity index (χ3n) is 4.42. The third kappa shape index (κ3) is 4.08. The van der Waals surface area contributed by atoms with E-state index in [0.29, 0.717) is 10.2 Å². The van der Waals surface area contributed by atoms with Gasteiger partial charge in [0.25, 0.3) is 0 Å². The number of para-hydroxylation sites is 1. The lowest BCUT2D eigenvalue weighted by atomic mass is 10.1. The fourth-order valence-electron chi connectivity index (χ4n) is 3.01. The Balaban J connectivity index is 1.69. The van der Waals surface area contributed by atoms with Gasteiger partial charge in [-0.2, -0.15) is 0 Å². The number of anilines is 1. The summed E-state index contributed by atoms with van der Waals surface area (Å²) in [5.41, 5.74) is 2.11. The van der Waals surface area contributed by atoms with Crippen LogP contribution in [0.15, 0.2) is 39.3 Å². The number of piperazine rings is 1. The molecule has 134 valence electrons. The number of ether oxygens (including phenoxy) is 1. The first-order valence-electron chi connectivity index (χ1n) is 7.97. The smallest absolute Gasteiger partial charge is 0.172 e. The van der Waals surface area contributed by atoms with Gasteiger partial charge in [0.05, 0.1) is 22.3 Å². The second-order valence-electron chi connectivity index (χ2n) is 5.92. The molecule has 0 unspecified atom stereocenters. The summed E-state index contributed by atoms with van der Waals surface area (Å²) in [6.07, 6.45) is 0. The van der Waals surface area contributed by atoms with Crippen molar-refractivity contribution < 1.29 is 9.84 Å². The molecule has 0 atom stereocenters. The topological polar surface area (TPSA) is 35.9 Å². The van der Waals surface area contributed by atoms with E-state index < -0.39 is 0 Å². The SMILES string of the molecule is COc1cc(Br)c(CN2CCN(c3ccccc3Cl)CC2)c(Br)c1O. The molecule has 4 nitrogen and oxygen atoms in total. The van der Waals surface area contributed by atoms with Crippen molar-refractivity contribution in [1.82, 2.24) is 4.90 Å². The normalized spacial score (nSPS) is 15.4.